The van der Waals surface area contributed by atoms with E-state index in [2.05, 4.69) is 25.1 Å². The van der Waals surface area contributed by atoms with Gasteiger partial charge in [-0.05, 0) is 35.6 Å². The first-order chi connectivity index (χ1) is 11.6. The molecule has 0 radical (unpaired) electrons. The molecule has 120 valence electrons. The summed E-state index contributed by atoms with van der Waals surface area (Å²) in [5, 5.41) is 21.2. The van der Waals surface area contributed by atoms with E-state index >= 15 is 0 Å². The van der Waals surface area contributed by atoms with Gasteiger partial charge in [-0.25, -0.2) is 0 Å². The van der Waals surface area contributed by atoms with Gasteiger partial charge in [-0.1, -0.05) is 67.6 Å². The Hall–Kier alpha value is -2.74. The second-order valence-corrected chi connectivity index (χ2v) is 6.63. The third-order valence-electron chi connectivity index (χ3n) is 5.29. The number of hydrogen-bond acceptors (Lipinski definition) is 2. The van der Waals surface area contributed by atoms with E-state index in [1.807, 2.05) is 42.5 Å². The van der Waals surface area contributed by atoms with Crippen molar-refractivity contribution in [3.63, 3.8) is 0 Å². The van der Waals surface area contributed by atoms with E-state index in [0.717, 1.165) is 17.5 Å². The van der Waals surface area contributed by atoms with Gasteiger partial charge in [-0.15, -0.1) is 0 Å². The highest BCUT2D eigenvalue weighted by Gasteiger charge is 2.47. The standard InChI is InChI=1S/C22H20O2/c1-15-14-22(17-9-3-2-8-16(15)17,18-10-4-6-12-20(18)23)19-11-5-7-13-21(19)24/h2-13,15,23-24H,14H2,1H3. The Morgan fingerprint density at radius 3 is 1.71 bits per heavy atom. The molecule has 4 rings (SSSR count). The average molecular weight is 316 g/mol. The number of hydrogen-bond donors (Lipinski definition) is 2. The van der Waals surface area contributed by atoms with Crippen LogP contribution in [0.1, 0.15) is 41.5 Å². The van der Waals surface area contributed by atoms with Crippen LogP contribution in [0.2, 0.25) is 0 Å². The van der Waals surface area contributed by atoms with Gasteiger partial charge < -0.3 is 10.2 Å². The van der Waals surface area contributed by atoms with Crippen LogP contribution in [0.25, 0.3) is 0 Å². The topological polar surface area (TPSA) is 40.5 Å². The maximum atomic E-state index is 10.6. The van der Waals surface area contributed by atoms with Crippen LogP contribution in [0.15, 0.2) is 72.8 Å². The lowest BCUT2D eigenvalue weighted by atomic mass is 9.69. The summed E-state index contributed by atoms with van der Waals surface area (Å²) in [7, 11) is 0. The molecular formula is C22H20O2. The molecule has 1 atom stereocenters. The Labute approximate surface area is 142 Å². The van der Waals surface area contributed by atoms with Crippen molar-refractivity contribution < 1.29 is 10.2 Å². The number of phenols is 2. The monoisotopic (exact) mass is 316 g/mol. The molecule has 2 heteroatoms. The molecule has 0 aromatic heterocycles. The molecule has 3 aromatic carbocycles. The number of rotatable bonds is 2. The first kappa shape index (κ1) is 14.8. The molecule has 2 nitrogen and oxygen atoms in total. The molecule has 1 aliphatic carbocycles. The number of fused-ring (bicyclic) bond motifs is 1. The molecule has 0 fully saturated rings. The fraction of sp³-hybridized carbons (Fsp3) is 0.182. The SMILES string of the molecule is CC1CC(c2ccccc2O)(c2ccccc2O)c2ccccc21. The molecule has 2 N–H and O–H groups in total. The van der Waals surface area contributed by atoms with Gasteiger partial charge in [0.15, 0.2) is 0 Å². The van der Waals surface area contributed by atoms with Gasteiger partial charge in [0, 0.05) is 11.1 Å². The zero-order valence-corrected chi connectivity index (χ0v) is 13.6. The highest BCUT2D eigenvalue weighted by atomic mass is 16.3. The van der Waals surface area contributed by atoms with Crippen molar-refractivity contribution in [1.29, 1.82) is 0 Å². The molecule has 0 bridgehead atoms. The Bertz CT molecular complexity index is 852. The predicted octanol–water partition coefficient (Wildman–Crippen LogP) is 4.94. The fourth-order valence-electron chi connectivity index (χ4n) is 4.32. The first-order valence-corrected chi connectivity index (χ1v) is 8.31. The number of benzene rings is 3. The number of aromatic hydroxyl groups is 2. The van der Waals surface area contributed by atoms with Crippen LogP contribution >= 0.6 is 0 Å². The second-order valence-electron chi connectivity index (χ2n) is 6.63. The molecule has 1 unspecified atom stereocenters. The van der Waals surface area contributed by atoms with Gasteiger partial charge in [-0.2, -0.15) is 0 Å². The zero-order chi connectivity index (χ0) is 16.7. The van der Waals surface area contributed by atoms with Crippen molar-refractivity contribution in [2.45, 2.75) is 24.7 Å². The lowest BCUT2D eigenvalue weighted by Crippen LogP contribution is -2.27. The lowest BCUT2D eigenvalue weighted by Gasteiger charge is -2.33. The summed E-state index contributed by atoms with van der Waals surface area (Å²) in [6.45, 7) is 2.21. The van der Waals surface area contributed by atoms with Gasteiger partial charge in [0.1, 0.15) is 11.5 Å². The van der Waals surface area contributed by atoms with Crippen molar-refractivity contribution in [2.75, 3.05) is 0 Å². The minimum absolute atomic E-state index is 0.268. The maximum absolute atomic E-state index is 10.6. The average Bonchev–Trinajstić information content (AvgIpc) is 2.90. The third-order valence-corrected chi connectivity index (χ3v) is 5.29. The summed E-state index contributed by atoms with van der Waals surface area (Å²) < 4.78 is 0. The second kappa shape index (κ2) is 5.41. The van der Waals surface area contributed by atoms with Crippen LogP contribution in [-0.4, -0.2) is 10.2 Å². The molecule has 0 aliphatic heterocycles. The molecule has 3 aromatic rings. The highest BCUT2D eigenvalue weighted by Crippen LogP contribution is 2.56. The molecule has 1 aliphatic rings. The van der Waals surface area contributed by atoms with Gasteiger partial charge in [0.05, 0.1) is 5.41 Å². The maximum Gasteiger partial charge on any atom is 0.120 e. The van der Waals surface area contributed by atoms with Crippen LogP contribution in [0, 0.1) is 0 Å². The lowest BCUT2D eigenvalue weighted by molar-refractivity contribution is 0.428. The van der Waals surface area contributed by atoms with Crippen molar-refractivity contribution in [1.82, 2.24) is 0 Å². The summed E-state index contributed by atoms with van der Waals surface area (Å²) in [4.78, 5) is 0. The van der Waals surface area contributed by atoms with Crippen LogP contribution in [-0.2, 0) is 5.41 Å². The molecular weight excluding hydrogens is 296 g/mol. The van der Waals surface area contributed by atoms with Crippen molar-refractivity contribution >= 4 is 0 Å². The van der Waals surface area contributed by atoms with Crippen molar-refractivity contribution in [3.8, 4) is 11.5 Å². The predicted molar refractivity (Wildman–Crippen MR) is 95.6 cm³/mol. The molecule has 0 saturated carbocycles. The van der Waals surface area contributed by atoms with Crippen LogP contribution in [0.5, 0.6) is 11.5 Å². The van der Waals surface area contributed by atoms with Crippen LogP contribution in [0.4, 0.5) is 0 Å². The third kappa shape index (κ3) is 1.96. The summed E-state index contributed by atoms with van der Waals surface area (Å²) in [6.07, 6.45) is 0.821. The quantitative estimate of drug-likeness (QED) is 0.703. The summed E-state index contributed by atoms with van der Waals surface area (Å²) >= 11 is 0. The van der Waals surface area contributed by atoms with E-state index in [1.165, 1.54) is 11.1 Å². The van der Waals surface area contributed by atoms with Crippen molar-refractivity contribution in [3.05, 3.63) is 95.1 Å². The largest absolute Gasteiger partial charge is 0.508 e. The molecule has 24 heavy (non-hydrogen) atoms. The number of phenolic OH excluding ortho intramolecular Hbond substituents is 2. The van der Waals surface area contributed by atoms with E-state index in [-0.39, 0.29) is 11.5 Å². The summed E-state index contributed by atoms with van der Waals surface area (Å²) in [5.74, 6) is 0.884. The Morgan fingerprint density at radius 1 is 0.708 bits per heavy atom. The van der Waals surface area contributed by atoms with Crippen LogP contribution in [0.3, 0.4) is 0 Å². The zero-order valence-electron chi connectivity index (χ0n) is 13.6. The minimum Gasteiger partial charge on any atom is -0.508 e. The van der Waals surface area contributed by atoms with E-state index in [1.54, 1.807) is 12.1 Å². The molecule has 0 saturated heterocycles. The Balaban J connectivity index is 2.11. The Morgan fingerprint density at radius 2 is 1.17 bits per heavy atom. The van der Waals surface area contributed by atoms with E-state index < -0.39 is 5.41 Å². The van der Waals surface area contributed by atoms with Gasteiger partial charge in [-0.3, -0.25) is 0 Å². The molecule has 0 spiro atoms. The first-order valence-electron chi connectivity index (χ1n) is 8.31. The normalized spacial score (nSPS) is 18.3. The van der Waals surface area contributed by atoms with E-state index in [9.17, 15) is 10.2 Å². The van der Waals surface area contributed by atoms with Gasteiger partial charge in [0.25, 0.3) is 0 Å². The Kier molecular flexibility index (Phi) is 3.34. The smallest absolute Gasteiger partial charge is 0.120 e. The van der Waals surface area contributed by atoms with Crippen LogP contribution < -0.4 is 0 Å². The minimum atomic E-state index is -0.535. The van der Waals surface area contributed by atoms with Gasteiger partial charge in [0.2, 0.25) is 0 Å². The molecule has 0 amide bonds. The highest BCUT2D eigenvalue weighted by molar-refractivity contribution is 5.63. The van der Waals surface area contributed by atoms with Gasteiger partial charge >= 0.3 is 0 Å². The van der Waals surface area contributed by atoms with Crippen molar-refractivity contribution in [2.24, 2.45) is 0 Å². The van der Waals surface area contributed by atoms with E-state index in [0.29, 0.717) is 5.92 Å². The summed E-state index contributed by atoms with van der Waals surface area (Å²) in [6, 6.07) is 23.3. The summed E-state index contributed by atoms with van der Waals surface area (Å²) in [5.41, 5.74) is 3.61. The molecule has 0 heterocycles. The fourth-order valence-corrected chi connectivity index (χ4v) is 4.32. The number of para-hydroxylation sites is 2. The van der Waals surface area contributed by atoms with E-state index in [4.69, 9.17) is 0 Å².